The zero-order valence-corrected chi connectivity index (χ0v) is 15.9. The second-order valence-electron chi connectivity index (χ2n) is 3.85. The highest BCUT2D eigenvalue weighted by atomic mass is 80.0. The fourth-order valence-electron chi connectivity index (χ4n) is 1.57. The van der Waals surface area contributed by atoms with Crippen LogP contribution in [0.25, 0.3) is 0 Å². The van der Waals surface area contributed by atoms with Gasteiger partial charge in [0.25, 0.3) is 0 Å². The van der Waals surface area contributed by atoms with Gasteiger partial charge in [0.15, 0.2) is 0 Å². The van der Waals surface area contributed by atoms with Crippen LogP contribution >= 0.6 is 47.8 Å². The van der Waals surface area contributed by atoms with Gasteiger partial charge in [-0.05, 0) is 65.5 Å². The normalized spacial score (nSPS) is 12.2. The number of alkyl halides is 3. The van der Waals surface area contributed by atoms with Gasteiger partial charge in [-0.15, -0.1) is 0 Å². The van der Waals surface area contributed by atoms with Crippen molar-refractivity contribution in [2.24, 2.45) is 0 Å². The van der Waals surface area contributed by atoms with Gasteiger partial charge in [0, 0.05) is 0 Å². The van der Waals surface area contributed by atoms with Crippen LogP contribution in [0.5, 0.6) is 0 Å². The largest absolute Gasteiger partial charge is 0.478 e. The van der Waals surface area contributed by atoms with E-state index in [9.17, 15) is 28.2 Å². The number of rotatable bonds is 5. The zero-order valence-electron chi connectivity index (χ0n) is 10.3. The number of sulfone groups is 1. The maximum atomic E-state index is 12.4. The molecule has 1 aromatic rings. The van der Waals surface area contributed by atoms with E-state index < -0.39 is 45.9 Å². The number of benzene rings is 1. The molecule has 0 saturated heterocycles. The second-order valence-corrected chi connectivity index (χ2v) is 14.2. The minimum absolute atomic E-state index is 0.0273. The summed E-state index contributed by atoms with van der Waals surface area (Å²) in [5, 5.41) is 26.8. The van der Waals surface area contributed by atoms with Crippen LogP contribution < -0.4 is 0 Å². The fraction of sp³-hybridized carbons (Fsp3) is 0.200. The van der Waals surface area contributed by atoms with Crippen molar-refractivity contribution in [3.05, 3.63) is 28.8 Å². The highest BCUT2D eigenvalue weighted by Crippen LogP contribution is 2.45. The summed E-state index contributed by atoms with van der Waals surface area (Å²) in [6.45, 7) is -0.511. The lowest BCUT2D eigenvalue weighted by molar-refractivity contribution is -0.253. The van der Waals surface area contributed by atoms with Crippen LogP contribution in [-0.2, 0) is 21.3 Å². The Morgan fingerprint density at radius 1 is 1.09 bits per heavy atom. The van der Waals surface area contributed by atoms with Gasteiger partial charge < -0.3 is 10.2 Å². The third-order valence-electron chi connectivity index (χ3n) is 2.41. The molecule has 0 unspecified atom stereocenters. The first-order valence-corrected chi connectivity index (χ1v) is 9.01. The van der Waals surface area contributed by atoms with E-state index in [-0.39, 0.29) is 5.56 Å². The van der Waals surface area contributed by atoms with Gasteiger partial charge in [-0.3, -0.25) is 5.26 Å². The highest BCUT2D eigenvalue weighted by molar-refractivity contribution is 9.42. The monoisotopic (exact) mass is 524 g/mol. The van der Waals surface area contributed by atoms with Gasteiger partial charge in [0.2, 0.25) is 11.3 Å². The molecule has 22 heavy (non-hydrogen) atoms. The lowest BCUT2D eigenvalue weighted by Gasteiger charge is -2.18. The number of hydrogen-bond acceptors (Lipinski definition) is 6. The summed E-state index contributed by atoms with van der Waals surface area (Å²) in [5.74, 6) is -3.31. The Labute approximate surface area is 149 Å². The summed E-state index contributed by atoms with van der Waals surface area (Å²) in [5.41, 5.74) is -1.56. The number of carboxylic acid groups (broad SMARTS) is 2. The quantitative estimate of drug-likeness (QED) is 0.302. The predicted octanol–water partition coefficient (Wildman–Crippen LogP) is 2.64. The molecule has 0 spiro atoms. The molecule has 0 aliphatic heterocycles. The number of carbonyl (C=O) groups is 2. The van der Waals surface area contributed by atoms with Crippen LogP contribution in [-0.4, -0.2) is 37.3 Å². The molecule has 12 heteroatoms. The van der Waals surface area contributed by atoms with Gasteiger partial charge in [-0.25, -0.2) is 22.9 Å². The van der Waals surface area contributed by atoms with E-state index in [0.29, 0.717) is 0 Å². The molecular weight excluding hydrogens is 520 g/mol. The van der Waals surface area contributed by atoms with Crippen LogP contribution in [0.3, 0.4) is 0 Å². The van der Waals surface area contributed by atoms with Crippen molar-refractivity contribution in [3.8, 4) is 0 Å². The van der Waals surface area contributed by atoms with Crippen LogP contribution in [0.15, 0.2) is 17.0 Å². The molecule has 1 rings (SSSR count). The summed E-state index contributed by atoms with van der Waals surface area (Å²) in [4.78, 5) is 25.6. The molecule has 0 bridgehead atoms. The van der Waals surface area contributed by atoms with Gasteiger partial charge >= 0.3 is 11.9 Å². The van der Waals surface area contributed by atoms with Crippen molar-refractivity contribution in [1.82, 2.24) is 0 Å². The van der Waals surface area contributed by atoms with Crippen molar-refractivity contribution < 1.29 is 38.4 Å². The topological polar surface area (TPSA) is 138 Å². The summed E-state index contributed by atoms with van der Waals surface area (Å²) >= 11 is 8.24. The first kappa shape index (κ1) is 19.5. The molecule has 0 aliphatic rings. The standard InChI is InChI=1S/C10H7Br3O8S/c11-10(12,13)22(19,20)7-5(8(14)15)1-4(3-21-18)2-6(7)9(16)17/h1-2,18H,3H2,(H,14,15)(H,16,17). The molecule has 3 N–H and O–H groups in total. The smallest absolute Gasteiger partial charge is 0.337 e. The molecule has 0 amide bonds. The van der Waals surface area contributed by atoms with Crippen LogP contribution in [0.2, 0.25) is 0 Å². The van der Waals surface area contributed by atoms with Gasteiger partial charge in [-0.2, -0.15) is 0 Å². The molecule has 0 aliphatic carbocycles. The summed E-state index contributed by atoms with van der Waals surface area (Å²) in [7, 11) is -4.47. The first-order chi connectivity index (χ1) is 9.93. The Morgan fingerprint density at radius 2 is 1.50 bits per heavy atom. The minimum Gasteiger partial charge on any atom is -0.478 e. The summed E-state index contributed by atoms with van der Waals surface area (Å²) < 4.78 is 22.9. The van der Waals surface area contributed by atoms with E-state index in [2.05, 4.69) is 52.7 Å². The Kier molecular flexibility index (Phi) is 6.14. The van der Waals surface area contributed by atoms with Crippen molar-refractivity contribution in [2.45, 2.75) is 13.0 Å². The van der Waals surface area contributed by atoms with E-state index in [0.717, 1.165) is 12.1 Å². The lowest BCUT2D eigenvalue weighted by Crippen LogP contribution is -2.24. The molecule has 0 aromatic heterocycles. The Bertz CT molecular complexity index is 687. The minimum atomic E-state index is -4.47. The van der Waals surface area contributed by atoms with E-state index in [1.54, 1.807) is 0 Å². The lowest BCUT2D eigenvalue weighted by atomic mass is 10.1. The number of hydrogen-bond donors (Lipinski definition) is 3. The Balaban J connectivity index is 3.90. The van der Waals surface area contributed by atoms with Crippen molar-refractivity contribution in [3.63, 3.8) is 0 Å². The molecule has 1 aromatic carbocycles. The number of carboxylic acids is 2. The average Bonchev–Trinajstić information content (AvgIpc) is 2.36. The predicted molar refractivity (Wildman–Crippen MR) is 84.5 cm³/mol. The van der Waals surface area contributed by atoms with E-state index in [4.69, 9.17) is 5.26 Å². The number of aromatic carboxylic acids is 2. The maximum absolute atomic E-state index is 12.4. The van der Waals surface area contributed by atoms with Gasteiger partial charge in [0.1, 0.15) is 6.61 Å². The highest BCUT2D eigenvalue weighted by Gasteiger charge is 2.42. The molecule has 122 valence electrons. The zero-order chi connectivity index (χ0) is 17.3. The van der Waals surface area contributed by atoms with Gasteiger partial charge in [0.05, 0.1) is 16.0 Å². The van der Waals surface area contributed by atoms with Crippen molar-refractivity contribution in [2.75, 3.05) is 0 Å². The van der Waals surface area contributed by atoms with E-state index in [1.807, 2.05) is 0 Å². The molecule has 0 fully saturated rings. The first-order valence-electron chi connectivity index (χ1n) is 5.14. The Hall–Kier alpha value is -0.530. The van der Waals surface area contributed by atoms with Crippen molar-refractivity contribution >= 4 is 69.6 Å². The average molecular weight is 527 g/mol. The maximum Gasteiger partial charge on any atom is 0.337 e. The third-order valence-corrected chi connectivity index (χ3v) is 7.84. The summed E-state index contributed by atoms with van der Waals surface area (Å²) in [6, 6.07) is 1.80. The van der Waals surface area contributed by atoms with Crippen molar-refractivity contribution in [1.29, 1.82) is 0 Å². The fourth-order valence-corrected chi connectivity index (χ4v) is 4.13. The molecule has 0 saturated carbocycles. The molecule has 0 heterocycles. The van der Waals surface area contributed by atoms with Crippen LogP contribution in [0.4, 0.5) is 0 Å². The molecule has 0 radical (unpaired) electrons. The number of halogens is 3. The molecular formula is C10H7Br3O8S. The molecule has 0 atom stereocenters. The SMILES string of the molecule is O=C(O)c1cc(COO)cc(C(=O)O)c1S(=O)(=O)C(Br)(Br)Br. The Morgan fingerprint density at radius 3 is 1.77 bits per heavy atom. The second kappa shape index (κ2) is 6.93. The third kappa shape index (κ3) is 3.86. The van der Waals surface area contributed by atoms with E-state index >= 15 is 0 Å². The molecule has 8 nitrogen and oxygen atoms in total. The van der Waals surface area contributed by atoms with Gasteiger partial charge in [-0.1, -0.05) is 0 Å². The van der Waals surface area contributed by atoms with Crippen LogP contribution in [0, 0.1) is 0 Å². The summed E-state index contributed by atoms with van der Waals surface area (Å²) in [6.07, 6.45) is 0. The van der Waals surface area contributed by atoms with E-state index in [1.165, 1.54) is 0 Å². The van der Waals surface area contributed by atoms with Crippen LogP contribution in [0.1, 0.15) is 26.3 Å².